The average molecular weight is 458 g/mol. The van der Waals surface area contributed by atoms with Crippen LogP contribution >= 0.6 is 24.0 Å². The standard InChI is InChI=1S/C15H30N4O2S.HI/c1-15(2)13-19(11-12-22(15,20)21)14(16-3)17-7-10-18-8-5-4-6-9-18;/h4-13H2,1-3H3,(H,16,17);1H. The number of hydrogen-bond acceptors (Lipinski definition) is 4. The van der Waals surface area contributed by atoms with Crippen LogP contribution in [0.3, 0.4) is 0 Å². The summed E-state index contributed by atoms with van der Waals surface area (Å²) in [6.45, 7) is 8.88. The van der Waals surface area contributed by atoms with Crippen molar-refractivity contribution in [1.29, 1.82) is 0 Å². The van der Waals surface area contributed by atoms with Crippen LogP contribution in [0.2, 0.25) is 0 Å². The third-order valence-electron chi connectivity index (χ3n) is 4.71. The van der Waals surface area contributed by atoms with E-state index in [1.165, 1.54) is 32.4 Å². The van der Waals surface area contributed by atoms with E-state index in [2.05, 4.69) is 20.1 Å². The Bertz CT molecular complexity index is 502. The number of aliphatic imine (C=N–C) groups is 1. The smallest absolute Gasteiger partial charge is 0.193 e. The molecule has 2 saturated heterocycles. The lowest BCUT2D eigenvalue weighted by atomic mass is 10.1. The topological polar surface area (TPSA) is 65.0 Å². The Hall–Kier alpha value is -0.0900. The number of sulfone groups is 1. The van der Waals surface area contributed by atoms with Gasteiger partial charge in [-0.05, 0) is 39.8 Å². The number of hydrogen-bond donors (Lipinski definition) is 1. The van der Waals surface area contributed by atoms with Crippen molar-refractivity contribution in [1.82, 2.24) is 15.1 Å². The zero-order valence-corrected chi connectivity index (χ0v) is 17.7. The van der Waals surface area contributed by atoms with Crippen molar-refractivity contribution in [2.75, 3.05) is 52.1 Å². The summed E-state index contributed by atoms with van der Waals surface area (Å²) in [7, 11) is -1.24. The van der Waals surface area contributed by atoms with Gasteiger partial charge in [0.15, 0.2) is 15.8 Å². The van der Waals surface area contributed by atoms with E-state index in [1.807, 2.05) is 0 Å². The molecule has 0 amide bonds. The minimum Gasteiger partial charge on any atom is -0.355 e. The molecule has 8 heteroatoms. The van der Waals surface area contributed by atoms with Crippen molar-refractivity contribution >= 4 is 39.8 Å². The number of nitrogens with zero attached hydrogens (tertiary/aromatic N) is 3. The van der Waals surface area contributed by atoms with E-state index >= 15 is 0 Å². The summed E-state index contributed by atoms with van der Waals surface area (Å²) in [6.07, 6.45) is 3.95. The van der Waals surface area contributed by atoms with Gasteiger partial charge in [0.2, 0.25) is 0 Å². The first-order chi connectivity index (χ1) is 10.4. The second kappa shape index (κ2) is 8.84. The molecule has 0 saturated carbocycles. The van der Waals surface area contributed by atoms with Crippen molar-refractivity contribution in [2.45, 2.75) is 37.9 Å². The maximum absolute atomic E-state index is 12.1. The number of likely N-dealkylation sites (tertiary alicyclic amines) is 1. The molecule has 136 valence electrons. The summed E-state index contributed by atoms with van der Waals surface area (Å²) < 4.78 is 23.5. The van der Waals surface area contributed by atoms with E-state index in [9.17, 15) is 8.42 Å². The summed E-state index contributed by atoms with van der Waals surface area (Å²) in [4.78, 5) is 8.87. The highest BCUT2D eigenvalue weighted by Crippen LogP contribution is 2.23. The molecule has 2 heterocycles. The first-order valence-corrected chi connectivity index (χ1v) is 9.91. The Kier molecular flexibility index (Phi) is 8.06. The van der Waals surface area contributed by atoms with E-state index in [-0.39, 0.29) is 29.7 Å². The Morgan fingerprint density at radius 3 is 2.39 bits per heavy atom. The lowest BCUT2D eigenvalue weighted by molar-refractivity contribution is 0.231. The predicted octanol–water partition coefficient (Wildman–Crippen LogP) is 1.17. The summed E-state index contributed by atoms with van der Waals surface area (Å²) in [5.74, 6) is 1.02. The van der Waals surface area contributed by atoms with Gasteiger partial charge in [-0.1, -0.05) is 6.42 Å². The number of nitrogens with one attached hydrogen (secondary N) is 1. The quantitative estimate of drug-likeness (QED) is 0.391. The van der Waals surface area contributed by atoms with E-state index in [0.717, 1.165) is 19.0 Å². The molecule has 0 aliphatic carbocycles. The number of piperidine rings is 1. The van der Waals surface area contributed by atoms with Gasteiger partial charge >= 0.3 is 0 Å². The molecular formula is C15H31IN4O2S. The fraction of sp³-hybridized carbons (Fsp3) is 0.933. The molecule has 0 aromatic carbocycles. The third-order valence-corrected chi connectivity index (χ3v) is 7.25. The molecule has 2 aliphatic heterocycles. The average Bonchev–Trinajstić information content (AvgIpc) is 2.48. The zero-order chi connectivity index (χ0) is 16.2. The van der Waals surface area contributed by atoms with Crippen LogP contribution in [0.1, 0.15) is 33.1 Å². The van der Waals surface area contributed by atoms with Crippen LogP contribution in [0.15, 0.2) is 4.99 Å². The largest absolute Gasteiger partial charge is 0.355 e. The van der Waals surface area contributed by atoms with Gasteiger partial charge in [0, 0.05) is 33.2 Å². The summed E-state index contributed by atoms with van der Waals surface area (Å²) in [6, 6.07) is 0. The summed E-state index contributed by atoms with van der Waals surface area (Å²) in [5.41, 5.74) is 0. The highest BCUT2D eigenvalue weighted by atomic mass is 127. The van der Waals surface area contributed by atoms with Gasteiger partial charge < -0.3 is 15.1 Å². The molecule has 2 rings (SSSR count). The third kappa shape index (κ3) is 5.45. The van der Waals surface area contributed by atoms with E-state index in [4.69, 9.17) is 0 Å². The van der Waals surface area contributed by atoms with Crippen molar-refractivity contribution in [3.05, 3.63) is 0 Å². The van der Waals surface area contributed by atoms with Gasteiger partial charge in [-0.15, -0.1) is 24.0 Å². The SMILES string of the molecule is CN=C(NCCN1CCCCC1)N1CCS(=O)(=O)C(C)(C)C1.I. The van der Waals surface area contributed by atoms with Gasteiger partial charge in [0.25, 0.3) is 0 Å². The minimum atomic E-state index is -3.01. The van der Waals surface area contributed by atoms with Crippen LogP contribution < -0.4 is 5.32 Å². The molecule has 0 aromatic rings. The molecule has 1 N–H and O–H groups in total. The summed E-state index contributed by atoms with van der Waals surface area (Å²) in [5, 5.41) is 3.39. The normalized spacial score (nSPS) is 24.8. The molecule has 2 fully saturated rings. The van der Waals surface area contributed by atoms with Crippen LogP contribution in [0.4, 0.5) is 0 Å². The lowest BCUT2D eigenvalue weighted by Crippen LogP contribution is -2.57. The first kappa shape index (κ1) is 21.0. The molecule has 6 nitrogen and oxygen atoms in total. The minimum absolute atomic E-state index is 0. The van der Waals surface area contributed by atoms with Crippen LogP contribution in [-0.4, -0.2) is 81.0 Å². The Balaban J connectivity index is 0.00000264. The Morgan fingerprint density at radius 2 is 1.83 bits per heavy atom. The molecule has 0 spiro atoms. The predicted molar refractivity (Wildman–Crippen MR) is 107 cm³/mol. The van der Waals surface area contributed by atoms with Gasteiger partial charge in [-0.25, -0.2) is 8.42 Å². The number of halogens is 1. The van der Waals surface area contributed by atoms with Crippen molar-refractivity contribution in [3.63, 3.8) is 0 Å². The zero-order valence-electron chi connectivity index (χ0n) is 14.5. The number of guanidine groups is 1. The van der Waals surface area contributed by atoms with Crippen molar-refractivity contribution in [2.24, 2.45) is 4.99 Å². The molecule has 23 heavy (non-hydrogen) atoms. The van der Waals surface area contributed by atoms with Crippen LogP contribution in [0, 0.1) is 0 Å². The molecule has 0 bridgehead atoms. The molecule has 0 unspecified atom stereocenters. The lowest BCUT2D eigenvalue weighted by Gasteiger charge is -2.39. The molecule has 0 aromatic heterocycles. The second-order valence-corrected chi connectivity index (χ2v) is 9.62. The van der Waals surface area contributed by atoms with Gasteiger partial charge in [0.1, 0.15) is 0 Å². The molecular weight excluding hydrogens is 427 g/mol. The van der Waals surface area contributed by atoms with Crippen LogP contribution in [0.5, 0.6) is 0 Å². The molecule has 0 atom stereocenters. The van der Waals surface area contributed by atoms with Gasteiger partial charge in [-0.3, -0.25) is 4.99 Å². The van der Waals surface area contributed by atoms with Gasteiger partial charge in [-0.2, -0.15) is 0 Å². The van der Waals surface area contributed by atoms with Crippen LogP contribution in [-0.2, 0) is 9.84 Å². The van der Waals surface area contributed by atoms with Crippen LogP contribution in [0.25, 0.3) is 0 Å². The Labute approximate surface area is 158 Å². The van der Waals surface area contributed by atoms with E-state index in [1.54, 1.807) is 20.9 Å². The maximum atomic E-state index is 12.1. The highest BCUT2D eigenvalue weighted by molar-refractivity contribution is 14.0. The van der Waals surface area contributed by atoms with Crippen molar-refractivity contribution in [3.8, 4) is 0 Å². The fourth-order valence-corrected chi connectivity index (χ4v) is 4.53. The first-order valence-electron chi connectivity index (χ1n) is 8.26. The monoisotopic (exact) mass is 458 g/mol. The Morgan fingerprint density at radius 1 is 1.17 bits per heavy atom. The maximum Gasteiger partial charge on any atom is 0.193 e. The van der Waals surface area contributed by atoms with E-state index in [0.29, 0.717) is 13.1 Å². The number of rotatable bonds is 3. The molecule has 2 aliphatic rings. The summed E-state index contributed by atoms with van der Waals surface area (Å²) >= 11 is 0. The highest BCUT2D eigenvalue weighted by Gasteiger charge is 2.40. The van der Waals surface area contributed by atoms with Gasteiger partial charge in [0.05, 0.1) is 10.5 Å². The van der Waals surface area contributed by atoms with E-state index < -0.39 is 14.6 Å². The molecule has 0 radical (unpaired) electrons. The second-order valence-electron chi connectivity index (χ2n) is 6.88. The van der Waals surface area contributed by atoms with Crippen molar-refractivity contribution < 1.29 is 8.42 Å². The fourth-order valence-electron chi connectivity index (χ4n) is 3.17.